The Hall–Kier alpha value is -1.36. The zero-order chi connectivity index (χ0) is 10.7. The van der Waals surface area contributed by atoms with Gasteiger partial charge >= 0.3 is 0 Å². The summed E-state index contributed by atoms with van der Waals surface area (Å²) in [6, 6.07) is 3.65. The molecule has 0 aliphatic rings. The Kier molecular flexibility index (Phi) is 3.01. The predicted octanol–water partition coefficient (Wildman–Crippen LogP) is 2.93. The van der Waals surface area contributed by atoms with E-state index in [9.17, 15) is 0 Å². The Morgan fingerprint density at radius 3 is 3.00 bits per heavy atom. The van der Waals surface area contributed by atoms with E-state index in [1.807, 2.05) is 19.1 Å². The van der Waals surface area contributed by atoms with Crippen LogP contribution in [0.1, 0.15) is 6.92 Å². The first-order chi connectivity index (χ1) is 7.31. The van der Waals surface area contributed by atoms with Crippen molar-refractivity contribution in [3.63, 3.8) is 0 Å². The summed E-state index contributed by atoms with van der Waals surface area (Å²) in [5.41, 5.74) is 0.762. The van der Waals surface area contributed by atoms with Gasteiger partial charge in [0.1, 0.15) is 5.69 Å². The fraction of sp³-hybridized carbons (Fsp3) is 0.200. The maximum Gasteiger partial charge on any atom is 0.223 e. The molecule has 0 spiro atoms. The van der Waals surface area contributed by atoms with Gasteiger partial charge in [0.15, 0.2) is 5.76 Å². The molecule has 2 aromatic heterocycles. The lowest BCUT2D eigenvalue weighted by molar-refractivity contribution is 0.578. The second kappa shape index (κ2) is 4.44. The molecule has 2 heterocycles. The summed E-state index contributed by atoms with van der Waals surface area (Å²) in [5, 5.41) is 3.05. The van der Waals surface area contributed by atoms with Gasteiger partial charge < -0.3 is 9.73 Å². The Morgan fingerprint density at radius 1 is 1.47 bits per heavy atom. The first kappa shape index (κ1) is 10.2. The summed E-state index contributed by atoms with van der Waals surface area (Å²) in [7, 11) is 0. The van der Waals surface area contributed by atoms with Crippen molar-refractivity contribution in [1.82, 2.24) is 9.97 Å². The smallest absolute Gasteiger partial charge is 0.223 e. The molecule has 0 radical (unpaired) electrons. The van der Waals surface area contributed by atoms with Crippen LogP contribution in [-0.2, 0) is 0 Å². The maximum atomic E-state index is 5.32. The van der Waals surface area contributed by atoms with Crippen LogP contribution in [0.15, 0.2) is 33.5 Å². The molecule has 0 bridgehead atoms. The van der Waals surface area contributed by atoms with Crippen LogP contribution < -0.4 is 5.32 Å². The molecule has 0 amide bonds. The summed E-state index contributed by atoms with van der Waals surface area (Å²) in [5.74, 6) is 1.33. The summed E-state index contributed by atoms with van der Waals surface area (Å²) in [6.07, 6.45) is 3.32. The lowest BCUT2D eigenvalue weighted by atomic mass is 10.3. The van der Waals surface area contributed by atoms with E-state index in [1.165, 1.54) is 0 Å². The first-order valence-electron chi connectivity index (χ1n) is 4.61. The number of nitrogens with one attached hydrogen (secondary N) is 1. The lowest BCUT2D eigenvalue weighted by Crippen LogP contribution is -2.01. The average molecular weight is 268 g/mol. The topological polar surface area (TPSA) is 51.0 Å². The lowest BCUT2D eigenvalue weighted by Gasteiger charge is -2.02. The molecule has 0 unspecified atom stereocenters. The second-order valence-corrected chi connectivity index (χ2v) is 3.75. The molecular weight excluding hydrogens is 258 g/mol. The fourth-order valence-corrected chi connectivity index (χ4v) is 1.61. The van der Waals surface area contributed by atoms with E-state index >= 15 is 0 Å². The van der Waals surface area contributed by atoms with Gasteiger partial charge in [-0.15, -0.1) is 0 Å². The fourth-order valence-electron chi connectivity index (χ4n) is 1.20. The summed E-state index contributed by atoms with van der Waals surface area (Å²) < 4.78 is 6.21. The Balaban J connectivity index is 2.37. The summed E-state index contributed by atoms with van der Waals surface area (Å²) >= 11 is 3.39. The number of hydrogen-bond acceptors (Lipinski definition) is 4. The Labute approximate surface area is 95.9 Å². The zero-order valence-electron chi connectivity index (χ0n) is 8.20. The van der Waals surface area contributed by atoms with Gasteiger partial charge in [0.25, 0.3) is 0 Å². The van der Waals surface area contributed by atoms with Crippen LogP contribution in [0.2, 0.25) is 0 Å². The highest BCUT2D eigenvalue weighted by Gasteiger charge is 2.08. The molecule has 0 aliphatic carbocycles. The standard InChI is InChI=1S/C10H10BrN3O/c1-2-12-10-13-5-3-8(14-10)9-7(11)4-6-15-9/h3-6H,2H2,1H3,(H,12,13,14). The van der Waals surface area contributed by atoms with Gasteiger partial charge in [0.05, 0.1) is 10.7 Å². The molecule has 0 atom stereocenters. The quantitative estimate of drug-likeness (QED) is 0.929. The van der Waals surface area contributed by atoms with Crippen LogP contribution in [0.3, 0.4) is 0 Å². The van der Waals surface area contributed by atoms with E-state index in [1.54, 1.807) is 12.5 Å². The van der Waals surface area contributed by atoms with Crippen LogP contribution in [0.25, 0.3) is 11.5 Å². The van der Waals surface area contributed by atoms with Crippen LogP contribution in [0.5, 0.6) is 0 Å². The summed E-state index contributed by atoms with van der Waals surface area (Å²) in [4.78, 5) is 8.41. The van der Waals surface area contributed by atoms with Gasteiger partial charge in [-0.05, 0) is 35.0 Å². The van der Waals surface area contributed by atoms with Gasteiger partial charge in [-0.3, -0.25) is 0 Å². The van der Waals surface area contributed by atoms with Crippen LogP contribution in [0.4, 0.5) is 5.95 Å². The summed E-state index contributed by atoms with van der Waals surface area (Å²) in [6.45, 7) is 2.79. The number of rotatable bonds is 3. The monoisotopic (exact) mass is 267 g/mol. The van der Waals surface area contributed by atoms with Gasteiger partial charge in [-0.1, -0.05) is 0 Å². The molecule has 0 saturated heterocycles. The van der Waals surface area contributed by atoms with Crippen LogP contribution >= 0.6 is 15.9 Å². The third-order valence-electron chi connectivity index (χ3n) is 1.84. The van der Waals surface area contributed by atoms with Crippen molar-refractivity contribution < 1.29 is 4.42 Å². The van der Waals surface area contributed by atoms with Crippen molar-refractivity contribution in [3.8, 4) is 11.5 Å². The SMILES string of the molecule is CCNc1nccc(-c2occc2Br)n1. The molecule has 0 fully saturated rings. The van der Waals surface area contributed by atoms with Crippen molar-refractivity contribution in [3.05, 3.63) is 29.1 Å². The molecule has 78 valence electrons. The van der Waals surface area contributed by atoms with E-state index in [-0.39, 0.29) is 0 Å². The highest BCUT2D eigenvalue weighted by atomic mass is 79.9. The molecule has 2 rings (SSSR count). The number of nitrogens with zero attached hydrogens (tertiary/aromatic N) is 2. The molecule has 4 nitrogen and oxygen atoms in total. The van der Waals surface area contributed by atoms with E-state index < -0.39 is 0 Å². The number of anilines is 1. The van der Waals surface area contributed by atoms with Gasteiger partial charge in [-0.25, -0.2) is 9.97 Å². The second-order valence-electron chi connectivity index (χ2n) is 2.89. The molecule has 0 saturated carbocycles. The number of halogens is 1. The minimum atomic E-state index is 0.610. The largest absolute Gasteiger partial charge is 0.461 e. The highest BCUT2D eigenvalue weighted by molar-refractivity contribution is 9.10. The minimum Gasteiger partial charge on any atom is -0.461 e. The van der Waals surface area contributed by atoms with Crippen molar-refractivity contribution in [2.45, 2.75) is 6.92 Å². The van der Waals surface area contributed by atoms with Crippen molar-refractivity contribution in [2.75, 3.05) is 11.9 Å². The zero-order valence-corrected chi connectivity index (χ0v) is 9.78. The Morgan fingerprint density at radius 2 is 2.33 bits per heavy atom. The van der Waals surface area contributed by atoms with Crippen molar-refractivity contribution in [1.29, 1.82) is 0 Å². The number of furan rings is 1. The molecule has 0 aliphatic heterocycles. The normalized spacial score (nSPS) is 10.3. The van der Waals surface area contributed by atoms with Gasteiger partial charge in [0.2, 0.25) is 5.95 Å². The van der Waals surface area contributed by atoms with Crippen molar-refractivity contribution >= 4 is 21.9 Å². The maximum absolute atomic E-state index is 5.32. The average Bonchev–Trinajstić information content (AvgIpc) is 2.65. The molecule has 2 aromatic rings. The molecule has 1 N–H and O–H groups in total. The van der Waals surface area contributed by atoms with E-state index in [2.05, 4.69) is 31.2 Å². The van der Waals surface area contributed by atoms with Crippen LogP contribution in [0, 0.1) is 0 Å². The molecule has 0 aromatic carbocycles. The molecule has 5 heteroatoms. The first-order valence-corrected chi connectivity index (χ1v) is 5.41. The van der Waals surface area contributed by atoms with Gasteiger partial charge in [0, 0.05) is 12.7 Å². The predicted molar refractivity (Wildman–Crippen MR) is 61.6 cm³/mol. The Bertz CT molecular complexity index is 455. The van der Waals surface area contributed by atoms with Crippen molar-refractivity contribution in [2.24, 2.45) is 0 Å². The van der Waals surface area contributed by atoms with E-state index in [4.69, 9.17) is 4.42 Å². The number of aromatic nitrogens is 2. The van der Waals surface area contributed by atoms with E-state index in [0.29, 0.717) is 5.95 Å². The van der Waals surface area contributed by atoms with Crippen LogP contribution in [-0.4, -0.2) is 16.5 Å². The van der Waals surface area contributed by atoms with E-state index in [0.717, 1.165) is 22.5 Å². The third kappa shape index (κ3) is 2.18. The highest BCUT2D eigenvalue weighted by Crippen LogP contribution is 2.27. The number of hydrogen-bond donors (Lipinski definition) is 1. The molecular formula is C10H10BrN3O. The minimum absolute atomic E-state index is 0.610. The third-order valence-corrected chi connectivity index (χ3v) is 2.46. The molecule has 15 heavy (non-hydrogen) atoms. The van der Waals surface area contributed by atoms with Gasteiger partial charge in [-0.2, -0.15) is 0 Å².